The molecule has 9 heteroatoms. The Hall–Kier alpha value is -2.88. The average Bonchev–Trinajstić information content (AvgIpc) is 2.97. The predicted octanol–water partition coefficient (Wildman–Crippen LogP) is 3.87. The van der Waals surface area contributed by atoms with Crippen LogP contribution in [0.1, 0.15) is 71.8 Å². The van der Waals surface area contributed by atoms with E-state index in [4.69, 9.17) is 14.2 Å². The summed E-state index contributed by atoms with van der Waals surface area (Å²) in [6.45, 7) is 13.4. The number of nitrogens with one attached hydrogen (secondary N) is 2. The molecule has 2 N–H and O–H groups in total. The summed E-state index contributed by atoms with van der Waals surface area (Å²) in [6.07, 6.45) is 5.76. The minimum absolute atomic E-state index is 0.132. The largest absolute Gasteiger partial charge is 0.490 e. The summed E-state index contributed by atoms with van der Waals surface area (Å²) in [4.78, 5) is 34.2. The van der Waals surface area contributed by atoms with Gasteiger partial charge in [-0.05, 0) is 70.2 Å². The lowest BCUT2D eigenvalue weighted by Crippen LogP contribution is -2.53. The van der Waals surface area contributed by atoms with Gasteiger partial charge in [-0.15, -0.1) is 0 Å². The van der Waals surface area contributed by atoms with E-state index in [1.165, 1.54) is 6.42 Å². The number of nitrogens with zero attached hydrogens (tertiary/aromatic N) is 2. The summed E-state index contributed by atoms with van der Waals surface area (Å²) in [5, 5.41) is 3.03. The number of H-pyrrole nitrogens is 1. The first kappa shape index (κ1) is 29.2. The van der Waals surface area contributed by atoms with Crippen molar-refractivity contribution in [2.45, 2.75) is 90.6 Å². The van der Waals surface area contributed by atoms with Gasteiger partial charge in [0.1, 0.15) is 11.9 Å². The first-order valence-corrected chi connectivity index (χ1v) is 15.8. The number of rotatable bonds is 9. The van der Waals surface area contributed by atoms with Gasteiger partial charge in [-0.25, -0.2) is 0 Å². The van der Waals surface area contributed by atoms with Gasteiger partial charge in [0.2, 0.25) is 0 Å². The third-order valence-electron chi connectivity index (χ3n) is 9.96. The van der Waals surface area contributed by atoms with Gasteiger partial charge < -0.3 is 29.4 Å². The quantitative estimate of drug-likeness (QED) is 0.467. The van der Waals surface area contributed by atoms with Gasteiger partial charge in [0.25, 0.3) is 11.5 Å². The van der Waals surface area contributed by atoms with Gasteiger partial charge in [-0.3, -0.25) is 14.5 Å². The average molecular weight is 579 g/mol. The van der Waals surface area contributed by atoms with Crippen LogP contribution < -0.4 is 20.5 Å². The van der Waals surface area contributed by atoms with E-state index in [-0.39, 0.29) is 24.1 Å². The van der Waals surface area contributed by atoms with E-state index >= 15 is 0 Å². The number of carbonyl (C=O) groups excluding carboxylic acids is 1. The fraction of sp³-hybridized carbons (Fsp3) is 0.636. The molecule has 1 aromatic carbocycles. The van der Waals surface area contributed by atoms with Gasteiger partial charge in [0.15, 0.2) is 0 Å². The van der Waals surface area contributed by atoms with E-state index in [2.05, 4.69) is 33.1 Å². The number of ether oxygens (including phenoxy) is 3. The van der Waals surface area contributed by atoms with Crippen LogP contribution in [0.5, 0.6) is 5.75 Å². The lowest BCUT2D eigenvalue weighted by molar-refractivity contribution is -0.0729. The number of morpholine rings is 1. The lowest BCUT2D eigenvalue weighted by atomic mass is 9.79. The number of amides is 1. The van der Waals surface area contributed by atoms with Crippen molar-refractivity contribution in [3.8, 4) is 5.75 Å². The van der Waals surface area contributed by atoms with Crippen LogP contribution in [-0.2, 0) is 16.0 Å². The van der Waals surface area contributed by atoms with Gasteiger partial charge in [-0.1, -0.05) is 0 Å². The van der Waals surface area contributed by atoms with Crippen molar-refractivity contribution in [1.29, 1.82) is 0 Å². The maximum absolute atomic E-state index is 13.7. The van der Waals surface area contributed by atoms with Crippen molar-refractivity contribution in [2.75, 3.05) is 44.4 Å². The minimum Gasteiger partial charge on any atom is -0.490 e. The van der Waals surface area contributed by atoms with Crippen LogP contribution in [-0.4, -0.2) is 79.5 Å². The summed E-state index contributed by atoms with van der Waals surface area (Å²) >= 11 is 0. The zero-order chi connectivity index (χ0) is 29.4. The van der Waals surface area contributed by atoms with Crippen LogP contribution in [0.4, 0.5) is 5.69 Å². The topological polar surface area (TPSA) is 96.1 Å². The van der Waals surface area contributed by atoms with E-state index in [1.54, 1.807) is 0 Å². The number of aromatic amines is 1. The molecular weight excluding hydrogens is 532 g/mol. The number of fused-ring (bicyclic) bond motifs is 3. The molecule has 3 atom stereocenters. The SMILES string of the molecule is CCN(c1cc(OC2CC(N3CCOCC3)C2)cc(C(=O)NCc2c(C)cc(C)[nH]c2=O)c1C)C1CC2CC[C@@H]1CO2. The molecule has 7 rings (SSSR count). The molecule has 5 fully saturated rings. The molecule has 3 aliphatic heterocycles. The third-order valence-corrected chi connectivity index (χ3v) is 9.96. The predicted molar refractivity (Wildman–Crippen MR) is 163 cm³/mol. The Balaban J connectivity index is 1.25. The molecule has 0 spiro atoms. The molecule has 2 saturated carbocycles. The zero-order valence-corrected chi connectivity index (χ0v) is 25.5. The Kier molecular flexibility index (Phi) is 8.61. The summed E-state index contributed by atoms with van der Waals surface area (Å²) in [5.41, 5.74) is 4.71. The summed E-state index contributed by atoms with van der Waals surface area (Å²) in [7, 11) is 0. The second-order valence-electron chi connectivity index (χ2n) is 12.6. The lowest BCUT2D eigenvalue weighted by Gasteiger charge is -2.48. The van der Waals surface area contributed by atoms with E-state index in [9.17, 15) is 9.59 Å². The van der Waals surface area contributed by atoms with Crippen LogP contribution >= 0.6 is 0 Å². The molecule has 5 aliphatic rings. The van der Waals surface area contributed by atoms with Crippen molar-refractivity contribution in [1.82, 2.24) is 15.2 Å². The number of carbonyl (C=O) groups is 1. The highest BCUT2D eigenvalue weighted by Gasteiger charge is 2.40. The molecule has 2 aliphatic carbocycles. The first-order valence-electron chi connectivity index (χ1n) is 15.8. The number of anilines is 1. The maximum atomic E-state index is 13.7. The van der Waals surface area contributed by atoms with Crippen molar-refractivity contribution in [3.05, 3.63) is 56.5 Å². The van der Waals surface area contributed by atoms with Crippen LogP contribution in [0.2, 0.25) is 0 Å². The van der Waals surface area contributed by atoms with E-state index in [0.29, 0.717) is 35.2 Å². The van der Waals surface area contributed by atoms with Gasteiger partial charge in [0, 0.05) is 85.6 Å². The molecule has 3 saturated heterocycles. The molecule has 4 heterocycles. The zero-order valence-electron chi connectivity index (χ0n) is 25.5. The van der Waals surface area contributed by atoms with E-state index in [1.807, 2.05) is 32.9 Å². The van der Waals surface area contributed by atoms with E-state index in [0.717, 1.165) is 93.4 Å². The maximum Gasteiger partial charge on any atom is 0.253 e. The van der Waals surface area contributed by atoms with Crippen molar-refractivity contribution in [2.24, 2.45) is 5.92 Å². The highest BCUT2D eigenvalue weighted by molar-refractivity contribution is 5.97. The number of aromatic nitrogens is 1. The van der Waals surface area contributed by atoms with Crippen LogP contribution in [0.15, 0.2) is 23.0 Å². The van der Waals surface area contributed by atoms with Crippen LogP contribution in [0.25, 0.3) is 0 Å². The standard InChI is InChI=1S/C33H46N4O5/c1-5-37(31-16-25-7-6-23(31)19-41-25)30-17-27(42-26-13-24(14-26)36-8-10-40-11-9-36)15-28(22(30)4)32(38)34-18-29-20(2)12-21(3)35-33(29)39/h12,15,17,23-26,31H,5-11,13-14,16,18-19H2,1-4H3,(H,34,38)(H,35,39)/t23-,24?,25?,26?,31?/m1/s1. The van der Waals surface area contributed by atoms with Gasteiger partial charge in [-0.2, -0.15) is 0 Å². The number of aryl methyl sites for hydroxylation is 2. The molecule has 42 heavy (non-hydrogen) atoms. The monoisotopic (exact) mass is 578 g/mol. The highest BCUT2D eigenvalue weighted by atomic mass is 16.5. The van der Waals surface area contributed by atoms with Crippen LogP contribution in [0.3, 0.4) is 0 Å². The minimum atomic E-state index is -0.192. The second-order valence-corrected chi connectivity index (χ2v) is 12.6. The Labute approximate surface area is 248 Å². The van der Waals surface area contributed by atoms with E-state index < -0.39 is 0 Å². The van der Waals surface area contributed by atoms with Gasteiger partial charge in [0.05, 0.1) is 25.9 Å². The molecule has 1 aromatic heterocycles. The highest BCUT2D eigenvalue weighted by Crippen LogP contribution is 2.41. The molecule has 0 radical (unpaired) electrons. The summed E-state index contributed by atoms with van der Waals surface area (Å²) < 4.78 is 18.1. The Morgan fingerprint density at radius 3 is 2.55 bits per heavy atom. The first-order chi connectivity index (χ1) is 20.3. The smallest absolute Gasteiger partial charge is 0.253 e. The molecule has 2 unspecified atom stereocenters. The molecule has 228 valence electrons. The fourth-order valence-electron chi connectivity index (χ4n) is 7.45. The number of pyridine rings is 1. The third kappa shape index (κ3) is 5.96. The summed E-state index contributed by atoms with van der Waals surface area (Å²) in [6, 6.07) is 6.90. The van der Waals surface area contributed by atoms with Crippen molar-refractivity contribution >= 4 is 11.6 Å². The molecule has 2 bridgehead atoms. The molecular formula is C33H46N4O5. The second kappa shape index (κ2) is 12.4. The number of benzene rings is 1. The Bertz CT molecular complexity index is 1340. The normalized spacial score (nSPS) is 27.4. The molecule has 2 aromatic rings. The summed E-state index contributed by atoms with van der Waals surface area (Å²) in [5.74, 6) is 1.04. The fourth-order valence-corrected chi connectivity index (χ4v) is 7.45. The number of hydrogen-bond donors (Lipinski definition) is 2. The Morgan fingerprint density at radius 1 is 1.12 bits per heavy atom. The molecule has 9 nitrogen and oxygen atoms in total. The number of hydrogen-bond acceptors (Lipinski definition) is 7. The molecule has 1 amide bonds. The Morgan fingerprint density at radius 2 is 1.90 bits per heavy atom. The van der Waals surface area contributed by atoms with Gasteiger partial charge >= 0.3 is 0 Å². The van der Waals surface area contributed by atoms with Crippen LogP contribution in [0, 0.1) is 26.7 Å². The van der Waals surface area contributed by atoms with Crippen molar-refractivity contribution in [3.63, 3.8) is 0 Å². The van der Waals surface area contributed by atoms with Crippen molar-refractivity contribution < 1.29 is 19.0 Å².